The average Bonchev–Trinajstić information content (AvgIpc) is 3.24. The molecule has 0 spiro atoms. The van der Waals surface area contributed by atoms with Crippen LogP contribution in [0, 0.1) is 0 Å². The van der Waals surface area contributed by atoms with Gasteiger partial charge in [0.15, 0.2) is 5.58 Å². The number of thiophene rings is 1. The minimum absolute atomic E-state index is 0.153. The number of hydrogen-bond donors (Lipinski definition) is 1. The molecule has 124 valence electrons. The Morgan fingerprint density at radius 2 is 2.00 bits per heavy atom. The Morgan fingerprint density at radius 3 is 2.80 bits per heavy atom. The van der Waals surface area contributed by atoms with E-state index in [1.165, 1.54) is 11.3 Å². The first kappa shape index (κ1) is 16.1. The summed E-state index contributed by atoms with van der Waals surface area (Å²) >= 11 is 13.5. The van der Waals surface area contributed by atoms with Crippen LogP contribution in [0.1, 0.15) is 9.67 Å². The summed E-state index contributed by atoms with van der Waals surface area (Å²) < 4.78 is 5.76. The van der Waals surface area contributed by atoms with Crippen LogP contribution in [-0.2, 0) is 0 Å². The van der Waals surface area contributed by atoms with Crippen LogP contribution in [0.3, 0.4) is 0 Å². The molecule has 0 aliphatic heterocycles. The number of hydrogen-bond acceptors (Lipinski definition) is 4. The van der Waals surface area contributed by atoms with Crippen molar-refractivity contribution in [3.8, 4) is 11.5 Å². The topological polar surface area (TPSA) is 55.1 Å². The number of amides is 1. The number of rotatable bonds is 3. The molecule has 0 fully saturated rings. The summed E-state index contributed by atoms with van der Waals surface area (Å²) in [5, 5.41) is 5.62. The third-order valence-electron chi connectivity index (χ3n) is 3.52. The van der Waals surface area contributed by atoms with Crippen LogP contribution in [0.15, 0.2) is 58.3 Å². The minimum Gasteiger partial charge on any atom is -0.435 e. The maximum Gasteiger partial charge on any atom is 0.265 e. The number of carbonyl (C=O) groups is 1. The molecule has 2 heterocycles. The van der Waals surface area contributed by atoms with Gasteiger partial charge in [-0.1, -0.05) is 35.3 Å². The van der Waals surface area contributed by atoms with Crippen molar-refractivity contribution in [1.29, 1.82) is 0 Å². The Morgan fingerprint density at radius 1 is 1.12 bits per heavy atom. The molecule has 4 aromatic rings. The number of halogens is 2. The molecule has 1 amide bonds. The molecule has 4 nitrogen and oxygen atoms in total. The van der Waals surface area contributed by atoms with Gasteiger partial charge in [-0.05, 0) is 41.8 Å². The second kappa shape index (κ2) is 6.52. The minimum atomic E-state index is -0.153. The van der Waals surface area contributed by atoms with Crippen LogP contribution in [0.4, 0.5) is 5.69 Å². The van der Waals surface area contributed by atoms with Crippen molar-refractivity contribution in [3.05, 3.63) is 68.8 Å². The molecule has 0 saturated heterocycles. The van der Waals surface area contributed by atoms with E-state index in [2.05, 4.69) is 10.3 Å². The molecule has 2 aromatic carbocycles. The predicted octanol–water partition coefficient (Wildman–Crippen LogP) is 6.12. The lowest BCUT2D eigenvalue weighted by atomic mass is 10.2. The number of carbonyl (C=O) groups excluding carboxylic acids is 1. The second-order valence-electron chi connectivity index (χ2n) is 5.27. The van der Waals surface area contributed by atoms with Crippen LogP contribution >= 0.6 is 34.5 Å². The first-order chi connectivity index (χ1) is 12.1. The quantitative estimate of drug-likeness (QED) is 0.460. The molecule has 0 aliphatic rings. The lowest BCUT2D eigenvalue weighted by molar-refractivity contribution is 0.103. The number of benzene rings is 2. The Labute approximate surface area is 157 Å². The molecule has 0 aliphatic carbocycles. The summed E-state index contributed by atoms with van der Waals surface area (Å²) in [7, 11) is 0. The molecule has 0 atom stereocenters. The van der Waals surface area contributed by atoms with Gasteiger partial charge in [-0.15, -0.1) is 11.3 Å². The van der Waals surface area contributed by atoms with Crippen LogP contribution in [-0.4, -0.2) is 10.9 Å². The molecule has 0 bridgehead atoms. The third-order valence-corrected chi connectivity index (χ3v) is 4.89. The maximum absolute atomic E-state index is 12.2. The summed E-state index contributed by atoms with van der Waals surface area (Å²) in [5.41, 5.74) is 2.45. The van der Waals surface area contributed by atoms with Crippen molar-refractivity contribution in [3.63, 3.8) is 0 Å². The molecule has 0 unspecified atom stereocenters. The summed E-state index contributed by atoms with van der Waals surface area (Å²) in [6, 6.07) is 14.2. The van der Waals surface area contributed by atoms with Crippen LogP contribution in [0.2, 0.25) is 10.0 Å². The Balaban J connectivity index is 1.67. The maximum atomic E-state index is 12.2. The fourth-order valence-electron chi connectivity index (χ4n) is 2.41. The lowest BCUT2D eigenvalue weighted by Gasteiger charge is -2.04. The molecule has 0 radical (unpaired) electrons. The van der Waals surface area contributed by atoms with Gasteiger partial charge in [0, 0.05) is 16.3 Å². The van der Waals surface area contributed by atoms with Crippen LogP contribution < -0.4 is 5.32 Å². The molecule has 4 rings (SSSR count). The van der Waals surface area contributed by atoms with Gasteiger partial charge in [0.1, 0.15) is 5.52 Å². The van der Waals surface area contributed by atoms with Gasteiger partial charge in [-0.2, -0.15) is 0 Å². The van der Waals surface area contributed by atoms with Gasteiger partial charge in [0.05, 0.1) is 9.90 Å². The monoisotopic (exact) mass is 388 g/mol. The Bertz CT molecular complexity index is 1070. The summed E-state index contributed by atoms with van der Waals surface area (Å²) in [4.78, 5) is 17.2. The van der Waals surface area contributed by atoms with E-state index in [0.29, 0.717) is 37.6 Å². The number of aromatic nitrogens is 1. The highest BCUT2D eigenvalue weighted by Gasteiger charge is 2.13. The normalized spacial score (nSPS) is 11.0. The molecular formula is C18H10Cl2N2O2S. The van der Waals surface area contributed by atoms with Crippen molar-refractivity contribution < 1.29 is 9.21 Å². The van der Waals surface area contributed by atoms with E-state index < -0.39 is 0 Å². The van der Waals surface area contributed by atoms with E-state index in [-0.39, 0.29) is 5.91 Å². The smallest absolute Gasteiger partial charge is 0.265 e. The zero-order chi connectivity index (χ0) is 17.4. The number of nitrogens with zero attached hydrogens (tertiary/aromatic N) is 1. The first-order valence-corrected chi connectivity index (χ1v) is 8.94. The first-order valence-electron chi connectivity index (χ1n) is 7.31. The summed E-state index contributed by atoms with van der Waals surface area (Å²) in [6.07, 6.45) is 0. The SMILES string of the molecule is O=C(Nc1cccc(-c2nc3cc(Cl)cc(Cl)c3o2)c1)c1cccs1. The van der Waals surface area contributed by atoms with Crippen molar-refractivity contribution in [1.82, 2.24) is 4.98 Å². The van der Waals surface area contributed by atoms with E-state index in [1.807, 2.05) is 29.6 Å². The average molecular weight is 389 g/mol. The van der Waals surface area contributed by atoms with Gasteiger partial charge in [0.25, 0.3) is 5.91 Å². The zero-order valence-electron chi connectivity index (χ0n) is 12.6. The fraction of sp³-hybridized carbons (Fsp3) is 0. The summed E-state index contributed by atoms with van der Waals surface area (Å²) in [5.74, 6) is 0.255. The molecule has 0 saturated carbocycles. The van der Waals surface area contributed by atoms with Gasteiger partial charge >= 0.3 is 0 Å². The van der Waals surface area contributed by atoms with Crippen LogP contribution in [0.25, 0.3) is 22.6 Å². The summed E-state index contributed by atoms with van der Waals surface area (Å²) in [6.45, 7) is 0. The highest BCUT2D eigenvalue weighted by atomic mass is 35.5. The number of fused-ring (bicyclic) bond motifs is 1. The molecular weight excluding hydrogens is 379 g/mol. The van der Waals surface area contributed by atoms with Gasteiger partial charge < -0.3 is 9.73 Å². The standard InChI is InChI=1S/C18H10Cl2N2O2S/c19-11-8-13(20)16-14(9-11)22-18(24-16)10-3-1-4-12(7-10)21-17(23)15-5-2-6-25-15/h1-9H,(H,21,23). The van der Waals surface area contributed by atoms with Crippen molar-refractivity contribution in [2.45, 2.75) is 0 Å². The number of anilines is 1. The molecule has 7 heteroatoms. The van der Waals surface area contributed by atoms with E-state index in [9.17, 15) is 4.79 Å². The molecule has 1 N–H and O–H groups in total. The van der Waals surface area contributed by atoms with E-state index in [4.69, 9.17) is 27.6 Å². The van der Waals surface area contributed by atoms with E-state index in [1.54, 1.807) is 24.3 Å². The zero-order valence-corrected chi connectivity index (χ0v) is 15.0. The second-order valence-corrected chi connectivity index (χ2v) is 7.06. The third kappa shape index (κ3) is 3.26. The fourth-order valence-corrected chi connectivity index (χ4v) is 3.55. The van der Waals surface area contributed by atoms with E-state index >= 15 is 0 Å². The predicted molar refractivity (Wildman–Crippen MR) is 102 cm³/mol. The number of nitrogens with one attached hydrogen (secondary N) is 1. The Kier molecular flexibility index (Phi) is 4.21. The molecule has 25 heavy (non-hydrogen) atoms. The lowest BCUT2D eigenvalue weighted by Crippen LogP contribution is -2.09. The highest BCUT2D eigenvalue weighted by molar-refractivity contribution is 7.12. The van der Waals surface area contributed by atoms with Crippen molar-refractivity contribution >= 4 is 57.2 Å². The van der Waals surface area contributed by atoms with Gasteiger partial charge in [-0.3, -0.25) is 4.79 Å². The molecule has 2 aromatic heterocycles. The Hall–Kier alpha value is -2.34. The highest BCUT2D eigenvalue weighted by Crippen LogP contribution is 2.32. The van der Waals surface area contributed by atoms with Crippen molar-refractivity contribution in [2.75, 3.05) is 5.32 Å². The van der Waals surface area contributed by atoms with Crippen molar-refractivity contribution in [2.24, 2.45) is 0 Å². The van der Waals surface area contributed by atoms with Crippen LogP contribution in [0.5, 0.6) is 0 Å². The van der Waals surface area contributed by atoms with E-state index in [0.717, 1.165) is 5.56 Å². The van der Waals surface area contributed by atoms with Gasteiger partial charge in [0.2, 0.25) is 5.89 Å². The largest absolute Gasteiger partial charge is 0.435 e. The number of oxazole rings is 1. The van der Waals surface area contributed by atoms with Gasteiger partial charge in [-0.25, -0.2) is 4.98 Å².